The zero-order chi connectivity index (χ0) is 11.5. The summed E-state index contributed by atoms with van der Waals surface area (Å²) in [7, 11) is 0. The van der Waals surface area contributed by atoms with Gasteiger partial charge in [0.15, 0.2) is 6.20 Å². The van der Waals surface area contributed by atoms with Gasteiger partial charge in [0.25, 0.3) is 5.69 Å². The predicted octanol–water partition coefficient (Wildman–Crippen LogP) is -0.0831. The number of amides is 1. The summed E-state index contributed by atoms with van der Waals surface area (Å²) in [6, 6.07) is 4.73. The highest BCUT2D eigenvalue weighted by Gasteiger charge is 2.27. The Morgan fingerprint density at radius 1 is 1.56 bits per heavy atom. The lowest BCUT2D eigenvalue weighted by Gasteiger charge is -2.29. The third kappa shape index (κ3) is 2.14. The molecule has 0 bridgehead atoms. The maximum Gasteiger partial charge on any atom is 0.320 e. The van der Waals surface area contributed by atoms with E-state index in [0.29, 0.717) is 17.8 Å². The molecule has 86 valence electrons. The van der Waals surface area contributed by atoms with Crippen molar-refractivity contribution in [3.05, 3.63) is 35.3 Å². The van der Waals surface area contributed by atoms with Crippen LogP contribution in [0.4, 0.5) is 0 Å². The second-order valence-electron chi connectivity index (χ2n) is 3.96. The molecule has 1 saturated heterocycles. The minimum absolute atomic E-state index is 0.108. The van der Waals surface area contributed by atoms with Crippen molar-refractivity contribution >= 4 is 5.91 Å². The molecule has 5 heteroatoms. The van der Waals surface area contributed by atoms with E-state index in [1.165, 1.54) is 17.2 Å². The minimum atomic E-state index is -0.471. The first-order chi connectivity index (χ1) is 7.68. The summed E-state index contributed by atoms with van der Waals surface area (Å²) >= 11 is 0. The predicted molar refractivity (Wildman–Crippen MR) is 56.5 cm³/mol. The number of pyridine rings is 1. The molecular formula is C11H14N2O3. The van der Waals surface area contributed by atoms with Crippen molar-refractivity contribution in [2.24, 2.45) is 0 Å². The van der Waals surface area contributed by atoms with Crippen LogP contribution in [-0.2, 0) is 0 Å². The highest BCUT2D eigenvalue weighted by atomic mass is 16.5. The molecule has 1 aliphatic rings. The zero-order valence-corrected chi connectivity index (χ0v) is 8.87. The number of aromatic nitrogens is 1. The number of β-amino-alcohol motifs (C(OH)–C–C–N with tert-alkyl or cyclic N) is 1. The van der Waals surface area contributed by atoms with Crippen LogP contribution >= 0.6 is 0 Å². The number of aliphatic hydroxyl groups excluding tert-OH is 1. The summed E-state index contributed by atoms with van der Waals surface area (Å²) in [6.07, 6.45) is 2.32. The Balaban J connectivity index is 2.16. The summed E-state index contributed by atoms with van der Waals surface area (Å²) in [5, 5.41) is 20.9. The molecule has 0 saturated carbocycles. The van der Waals surface area contributed by atoms with Crippen molar-refractivity contribution in [1.29, 1.82) is 0 Å². The molecule has 1 aromatic heterocycles. The average molecular weight is 222 g/mol. The molecule has 2 heterocycles. The summed E-state index contributed by atoms with van der Waals surface area (Å²) < 4.78 is 0.559. The maximum atomic E-state index is 12.0. The lowest BCUT2D eigenvalue weighted by atomic mass is 10.1. The van der Waals surface area contributed by atoms with E-state index in [0.717, 1.165) is 12.8 Å². The Bertz CT molecular complexity index is 395. The van der Waals surface area contributed by atoms with Crippen LogP contribution in [0.3, 0.4) is 0 Å². The van der Waals surface area contributed by atoms with E-state index in [1.807, 2.05) is 0 Å². The molecule has 1 aliphatic heterocycles. The molecule has 1 N–H and O–H groups in total. The van der Waals surface area contributed by atoms with E-state index in [9.17, 15) is 15.1 Å². The molecule has 5 nitrogen and oxygen atoms in total. The fraction of sp³-hybridized carbons (Fsp3) is 0.455. The van der Waals surface area contributed by atoms with Gasteiger partial charge in [0, 0.05) is 25.2 Å². The van der Waals surface area contributed by atoms with Gasteiger partial charge in [-0.05, 0) is 18.9 Å². The largest absolute Gasteiger partial charge is 0.618 e. The van der Waals surface area contributed by atoms with Crippen molar-refractivity contribution in [2.45, 2.75) is 18.9 Å². The Morgan fingerprint density at radius 2 is 2.38 bits per heavy atom. The van der Waals surface area contributed by atoms with Crippen LogP contribution in [0.2, 0.25) is 0 Å². The fourth-order valence-corrected chi connectivity index (χ4v) is 1.90. The minimum Gasteiger partial charge on any atom is -0.618 e. The number of likely N-dealkylation sites (tertiary alicyclic amines) is 1. The molecule has 1 aromatic rings. The average Bonchev–Trinajstić information content (AvgIpc) is 2.29. The lowest BCUT2D eigenvalue weighted by Crippen LogP contribution is -2.46. The van der Waals surface area contributed by atoms with Gasteiger partial charge in [-0.2, -0.15) is 4.73 Å². The fourth-order valence-electron chi connectivity index (χ4n) is 1.90. The number of rotatable bonds is 1. The number of hydrogen-bond acceptors (Lipinski definition) is 3. The Morgan fingerprint density at radius 3 is 3.06 bits per heavy atom. The normalized spacial score (nSPS) is 20.8. The Hall–Kier alpha value is -1.62. The highest BCUT2D eigenvalue weighted by Crippen LogP contribution is 2.11. The van der Waals surface area contributed by atoms with Gasteiger partial charge in [-0.3, -0.25) is 4.79 Å². The van der Waals surface area contributed by atoms with Crippen LogP contribution in [0.5, 0.6) is 0 Å². The molecule has 1 atom stereocenters. The van der Waals surface area contributed by atoms with Gasteiger partial charge in [0.2, 0.25) is 0 Å². The van der Waals surface area contributed by atoms with Crippen LogP contribution in [-0.4, -0.2) is 35.1 Å². The topological polar surface area (TPSA) is 67.5 Å². The van der Waals surface area contributed by atoms with Gasteiger partial charge < -0.3 is 15.2 Å². The van der Waals surface area contributed by atoms with Gasteiger partial charge in [-0.25, -0.2) is 0 Å². The second kappa shape index (κ2) is 4.49. The van der Waals surface area contributed by atoms with Crippen LogP contribution in [0, 0.1) is 5.21 Å². The third-order valence-corrected chi connectivity index (χ3v) is 2.73. The summed E-state index contributed by atoms with van der Waals surface area (Å²) in [4.78, 5) is 13.5. The van der Waals surface area contributed by atoms with Crippen molar-refractivity contribution < 1.29 is 14.6 Å². The summed E-state index contributed by atoms with van der Waals surface area (Å²) in [5.74, 6) is -0.311. The van der Waals surface area contributed by atoms with E-state index < -0.39 is 6.10 Å². The number of aliphatic hydroxyl groups is 1. The molecule has 0 radical (unpaired) electrons. The molecule has 0 spiro atoms. The first-order valence-electron chi connectivity index (χ1n) is 5.34. The summed E-state index contributed by atoms with van der Waals surface area (Å²) in [6.45, 7) is 0.915. The standard InChI is InChI=1S/C11H14N2O3/c14-9-4-3-6-12(8-9)11(15)10-5-1-2-7-13(10)16/h1-2,5,7,9,14H,3-4,6,8H2. The van der Waals surface area contributed by atoms with Gasteiger partial charge >= 0.3 is 5.91 Å². The molecule has 0 aromatic carbocycles. The quantitative estimate of drug-likeness (QED) is 0.533. The summed E-state index contributed by atoms with van der Waals surface area (Å²) in [5.41, 5.74) is 0.108. The van der Waals surface area contributed by atoms with Crippen LogP contribution in [0.15, 0.2) is 24.4 Å². The van der Waals surface area contributed by atoms with Crippen LogP contribution in [0.25, 0.3) is 0 Å². The number of carbonyl (C=O) groups is 1. The number of carbonyl (C=O) groups excluding carboxylic acids is 1. The van der Waals surface area contributed by atoms with Crippen LogP contribution in [0.1, 0.15) is 23.3 Å². The molecule has 16 heavy (non-hydrogen) atoms. The van der Waals surface area contributed by atoms with E-state index in [-0.39, 0.29) is 11.6 Å². The van der Waals surface area contributed by atoms with Crippen molar-refractivity contribution in [3.63, 3.8) is 0 Å². The molecule has 1 amide bonds. The smallest absolute Gasteiger partial charge is 0.320 e. The number of piperidine rings is 1. The zero-order valence-electron chi connectivity index (χ0n) is 8.87. The van der Waals surface area contributed by atoms with E-state index in [1.54, 1.807) is 12.1 Å². The van der Waals surface area contributed by atoms with Crippen molar-refractivity contribution in [3.8, 4) is 0 Å². The van der Waals surface area contributed by atoms with Crippen LogP contribution < -0.4 is 4.73 Å². The molecule has 1 fully saturated rings. The Labute approximate surface area is 93.5 Å². The van der Waals surface area contributed by atoms with E-state index in [4.69, 9.17) is 0 Å². The van der Waals surface area contributed by atoms with E-state index in [2.05, 4.69) is 0 Å². The third-order valence-electron chi connectivity index (χ3n) is 2.73. The van der Waals surface area contributed by atoms with Gasteiger partial charge in [0.1, 0.15) is 0 Å². The Kier molecular flexibility index (Phi) is 3.05. The van der Waals surface area contributed by atoms with Crippen molar-refractivity contribution in [2.75, 3.05) is 13.1 Å². The van der Waals surface area contributed by atoms with Crippen molar-refractivity contribution in [1.82, 2.24) is 4.90 Å². The maximum absolute atomic E-state index is 12.0. The number of hydrogen-bond donors (Lipinski definition) is 1. The van der Waals surface area contributed by atoms with E-state index >= 15 is 0 Å². The van der Waals surface area contributed by atoms with Gasteiger partial charge in [-0.1, -0.05) is 0 Å². The monoisotopic (exact) mass is 222 g/mol. The SMILES string of the molecule is O=C(c1cccc[n+]1[O-])N1CCCC(O)C1. The highest BCUT2D eigenvalue weighted by molar-refractivity contribution is 5.91. The second-order valence-corrected chi connectivity index (χ2v) is 3.96. The molecule has 0 aliphatic carbocycles. The molecular weight excluding hydrogens is 208 g/mol. The van der Waals surface area contributed by atoms with Gasteiger partial charge in [0.05, 0.1) is 6.10 Å². The lowest BCUT2D eigenvalue weighted by molar-refractivity contribution is -0.608. The van der Waals surface area contributed by atoms with Gasteiger partial charge in [-0.15, -0.1) is 0 Å². The first-order valence-corrected chi connectivity index (χ1v) is 5.34. The molecule has 1 unspecified atom stereocenters. The molecule has 2 rings (SSSR count). The first kappa shape index (κ1) is 10.9. The number of nitrogens with zero attached hydrogens (tertiary/aromatic N) is 2.